The average molecular weight is 391 g/mol. The SMILES string of the molecule is C=Cc1ccccc1.c1ccc2c(Sc3cccc4ccccc34)cccc2c1. The van der Waals surface area contributed by atoms with Gasteiger partial charge in [0, 0.05) is 9.79 Å². The smallest absolute Gasteiger partial charge is 0.0201 e. The van der Waals surface area contributed by atoms with Crippen molar-refractivity contribution < 1.29 is 0 Å². The van der Waals surface area contributed by atoms with Crippen LogP contribution in [-0.4, -0.2) is 0 Å². The van der Waals surface area contributed by atoms with E-state index in [4.69, 9.17) is 0 Å². The highest BCUT2D eigenvalue weighted by atomic mass is 32.2. The van der Waals surface area contributed by atoms with Crippen LogP contribution in [0, 0.1) is 0 Å². The van der Waals surface area contributed by atoms with Crippen molar-refractivity contribution >= 4 is 39.4 Å². The van der Waals surface area contributed by atoms with E-state index in [0.717, 1.165) is 0 Å². The molecule has 5 rings (SSSR count). The lowest BCUT2D eigenvalue weighted by Gasteiger charge is -2.09. The van der Waals surface area contributed by atoms with Crippen molar-refractivity contribution in [3.8, 4) is 0 Å². The number of rotatable bonds is 3. The van der Waals surface area contributed by atoms with Crippen LogP contribution >= 0.6 is 11.8 Å². The predicted molar refractivity (Wildman–Crippen MR) is 129 cm³/mol. The molecule has 0 unspecified atom stereocenters. The highest BCUT2D eigenvalue weighted by Crippen LogP contribution is 2.37. The maximum atomic E-state index is 3.63. The standard InChI is InChI=1S/C20H14S.C8H8/c1-3-11-17-15(7-1)9-5-13-19(17)21-20-14-6-10-16-8-2-4-12-18(16)20;1-2-8-6-4-3-5-7-8/h1-14H;2-7H,1H2. The third-order valence-electron chi connectivity index (χ3n) is 4.75. The second kappa shape index (κ2) is 9.27. The van der Waals surface area contributed by atoms with E-state index in [1.807, 2.05) is 48.2 Å². The van der Waals surface area contributed by atoms with E-state index >= 15 is 0 Å². The Balaban J connectivity index is 0.000000216. The Hall–Kier alpha value is -3.29. The molecule has 0 spiro atoms. The Kier molecular flexibility index (Phi) is 6.09. The molecule has 0 saturated heterocycles. The second-order valence-electron chi connectivity index (χ2n) is 6.67. The minimum atomic E-state index is 1.17. The van der Waals surface area contributed by atoms with Crippen LogP contribution in [0.25, 0.3) is 27.6 Å². The molecule has 0 bridgehead atoms. The summed E-state index contributed by atoms with van der Waals surface area (Å²) >= 11 is 1.85. The van der Waals surface area contributed by atoms with Crippen LogP contribution in [-0.2, 0) is 0 Å². The zero-order valence-electron chi connectivity index (χ0n) is 16.2. The summed E-state index contributed by atoms with van der Waals surface area (Å²) in [7, 11) is 0. The minimum absolute atomic E-state index is 1.17. The monoisotopic (exact) mass is 390 g/mol. The Morgan fingerprint density at radius 2 is 0.931 bits per heavy atom. The van der Waals surface area contributed by atoms with Gasteiger partial charge in [-0.05, 0) is 39.2 Å². The molecule has 0 aromatic heterocycles. The summed E-state index contributed by atoms with van der Waals surface area (Å²) in [5, 5.41) is 5.22. The molecule has 0 aliphatic rings. The topological polar surface area (TPSA) is 0 Å². The molecule has 0 N–H and O–H groups in total. The molecule has 0 aliphatic heterocycles. The molecule has 1 heteroatoms. The summed E-state index contributed by atoms with van der Waals surface area (Å²) in [4.78, 5) is 2.62. The first-order valence-electron chi connectivity index (χ1n) is 9.66. The fourth-order valence-electron chi connectivity index (χ4n) is 3.28. The van der Waals surface area contributed by atoms with Crippen molar-refractivity contribution in [3.63, 3.8) is 0 Å². The first kappa shape index (κ1) is 19.0. The summed E-state index contributed by atoms with van der Waals surface area (Å²) in [6.45, 7) is 3.63. The quantitative estimate of drug-likeness (QED) is 0.298. The van der Waals surface area contributed by atoms with Crippen molar-refractivity contribution in [2.75, 3.05) is 0 Å². The Bertz CT molecular complexity index is 1150. The first-order chi connectivity index (χ1) is 14.3. The van der Waals surface area contributed by atoms with Crippen LogP contribution in [0.4, 0.5) is 0 Å². The minimum Gasteiger partial charge on any atom is -0.0985 e. The van der Waals surface area contributed by atoms with E-state index in [0.29, 0.717) is 0 Å². The molecule has 5 aromatic rings. The molecule has 0 atom stereocenters. The predicted octanol–water partition coefficient (Wildman–Crippen LogP) is 8.47. The molecule has 0 aliphatic carbocycles. The molecule has 29 heavy (non-hydrogen) atoms. The van der Waals surface area contributed by atoms with Gasteiger partial charge in [-0.2, -0.15) is 0 Å². The van der Waals surface area contributed by atoms with Gasteiger partial charge in [-0.25, -0.2) is 0 Å². The van der Waals surface area contributed by atoms with E-state index in [1.54, 1.807) is 0 Å². The molecule has 5 aromatic carbocycles. The van der Waals surface area contributed by atoms with Gasteiger partial charge in [-0.1, -0.05) is 128 Å². The number of hydrogen-bond donors (Lipinski definition) is 0. The zero-order chi connectivity index (χ0) is 19.9. The molecule has 0 amide bonds. The first-order valence-corrected chi connectivity index (χ1v) is 10.5. The van der Waals surface area contributed by atoms with E-state index in [-0.39, 0.29) is 0 Å². The van der Waals surface area contributed by atoms with E-state index in [9.17, 15) is 0 Å². The van der Waals surface area contributed by atoms with Crippen molar-refractivity contribution in [1.29, 1.82) is 0 Å². The van der Waals surface area contributed by atoms with Crippen LogP contribution in [0.15, 0.2) is 132 Å². The van der Waals surface area contributed by atoms with Crippen LogP contribution in [0.1, 0.15) is 5.56 Å². The summed E-state index contributed by atoms with van der Waals surface area (Å²) < 4.78 is 0. The van der Waals surface area contributed by atoms with Crippen LogP contribution in [0.5, 0.6) is 0 Å². The lowest BCUT2D eigenvalue weighted by molar-refractivity contribution is 1.49. The van der Waals surface area contributed by atoms with Crippen LogP contribution < -0.4 is 0 Å². The molecule has 0 heterocycles. The highest BCUT2D eigenvalue weighted by molar-refractivity contribution is 7.99. The normalized spacial score (nSPS) is 10.3. The largest absolute Gasteiger partial charge is 0.0985 e. The van der Waals surface area contributed by atoms with E-state index < -0.39 is 0 Å². The van der Waals surface area contributed by atoms with Gasteiger partial charge in [0.05, 0.1) is 0 Å². The van der Waals surface area contributed by atoms with Crippen molar-refractivity contribution in [1.82, 2.24) is 0 Å². The van der Waals surface area contributed by atoms with Crippen LogP contribution in [0.3, 0.4) is 0 Å². The van der Waals surface area contributed by atoms with Gasteiger partial charge in [0.15, 0.2) is 0 Å². The van der Waals surface area contributed by atoms with Crippen molar-refractivity contribution in [2.45, 2.75) is 9.79 Å². The van der Waals surface area contributed by atoms with Gasteiger partial charge >= 0.3 is 0 Å². The van der Waals surface area contributed by atoms with Gasteiger partial charge in [-0.15, -0.1) is 0 Å². The van der Waals surface area contributed by atoms with E-state index in [2.05, 4.69) is 91.5 Å². The average Bonchev–Trinajstić information content (AvgIpc) is 2.80. The number of benzene rings is 5. The summed E-state index contributed by atoms with van der Waals surface area (Å²) in [5.74, 6) is 0. The molecule has 140 valence electrons. The summed E-state index contributed by atoms with van der Waals surface area (Å²) in [5.41, 5.74) is 1.17. The van der Waals surface area contributed by atoms with Gasteiger partial charge in [0.1, 0.15) is 0 Å². The molecule has 0 fully saturated rings. The zero-order valence-corrected chi connectivity index (χ0v) is 17.0. The van der Waals surface area contributed by atoms with Gasteiger partial charge < -0.3 is 0 Å². The summed E-state index contributed by atoms with van der Waals surface area (Å²) in [6.07, 6.45) is 1.83. The fourth-order valence-corrected chi connectivity index (χ4v) is 4.40. The fraction of sp³-hybridized carbons (Fsp3) is 0. The van der Waals surface area contributed by atoms with Gasteiger partial charge in [-0.3, -0.25) is 0 Å². The molecule has 0 nitrogen and oxygen atoms in total. The third kappa shape index (κ3) is 4.59. The van der Waals surface area contributed by atoms with Gasteiger partial charge in [0.25, 0.3) is 0 Å². The lowest BCUT2D eigenvalue weighted by atomic mass is 10.1. The maximum Gasteiger partial charge on any atom is 0.0201 e. The Morgan fingerprint density at radius 3 is 1.41 bits per heavy atom. The highest BCUT2D eigenvalue weighted by Gasteiger charge is 2.05. The van der Waals surface area contributed by atoms with Crippen molar-refractivity contribution in [2.24, 2.45) is 0 Å². The number of hydrogen-bond acceptors (Lipinski definition) is 1. The third-order valence-corrected chi connectivity index (χ3v) is 5.91. The maximum absolute atomic E-state index is 3.63. The summed E-state index contributed by atoms with van der Waals surface area (Å²) in [6, 6.07) is 40.2. The second-order valence-corrected chi connectivity index (χ2v) is 7.76. The molecular weight excluding hydrogens is 368 g/mol. The Labute approximate surface area is 176 Å². The molecular formula is C28H22S. The van der Waals surface area contributed by atoms with Crippen molar-refractivity contribution in [3.05, 3.63) is 127 Å². The van der Waals surface area contributed by atoms with Gasteiger partial charge in [0.2, 0.25) is 0 Å². The Morgan fingerprint density at radius 1 is 0.483 bits per heavy atom. The van der Waals surface area contributed by atoms with E-state index in [1.165, 1.54) is 36.9 Å². The number of fused-ring (bicyclic) bond motifs is 2. The van der Waals surface area contributed by atoms with Crippen LogP contribution in [0.2, 0.25) is 0 Å². The molecule has 0 radical (unpaired) electrons. The molecule has 0 saturated carbocycles. The lowest BCUT2D eigenvalue weighted by Crippen LogP contribution is -1.80.